The van der Waals surface area contributed by atoms with E-state index in [1.165, 1.54) is 12.5 Å². The molecule has 0 N–H and O–H groups in total. The van der Waals surface area contributed by atoms with Gasteiger partial charge in [-0.3, -0.25) is 14.4 Å². The van der Waals surface area contributed by atoms with E-state index < -0.39 is 11.4 Å². The van der Waals surface area contributed by atoms with Crippen molar-refractivity contribution in [1.82, 2.24) is 0 Å². The summed E-state index contributed by atoms with van der Waals surface area (Å²) in [7, 11) is 0. The normalized spacial score (nSPS) is 36.2. The summed E-state index contributed by atoms with van der Waals surface area (Å²) >= 11 is 0. The SMILES string of the molecule is CC(=O)OCC(=O)C1=CCC2C3CC(F)=C4CC(=O)C=C[C@]4(C)C3=CC[C@]12C. The van der Waals surface area contributed by atoms with E-state index in [0.29, 0.717) is 24.0 Å². The fourth-order valence-corrected chi connectivity index (χ4v) is 5.77. The number of rotatable bonds is 3. The summed E-state index contributed by atoms with van der Waals surface area (Å²) in [5, 5.41) is 0. The summed E-state index contributed by atoms with van der Waals surface area (Å²) in [5.41, 5.74) is 1.55. The van der Waals surface area contributed by atoms with E-state index in [1.807, 2.05) is 19.1 Å². The van der Waals surface area contributed by atoms with E-state index in [9.17, 15) is 14.4 Å². The third-order valence-corrected chi connectivity index (χ3v) is 7.25. The highest BCUT2D eigenvalue weighted by molar-refractivity contribution is 5.99. The molecule has 0 bridgehead atoms. The number of allylic oxidation sites excluding steroid dienone is 7. The molecule has 4 atom stereocenters. The fourth-order valence-electron chi connectivity index (χ4n) is 5.77. The lowest BCUT2D eigenvalue weighted by Gasteiger charge is -2.51. The molecule has 28 heavy (non-hydrogen) atoms. The van der Waals surface area contributed by atoms with Gasteiger partial charge in [-0.2, -0.15) is 0 Å². The molecule has 0 aromatic carbocycles. The predicted molar refractivity (Wildman–Crippen MR) is 102 cm³/mol. The largest absolute Gasteiger partial charge is 0.457 e. The molecule has 0 saturated heterocycles. The Kier molecular flexibility index (Phi) is 4.32. The van der Waals surface area contributed by atoms with Crippen LogP contribution in [-0.2, 0) is 19.1 Å². The van der Waals surface area contributed by atoms with Crippen LogP contribution in [0.5, 0.6) is 0 Å². The molecule has 0 radical (unpaired) electrons. The van der Waals surface area contributed by atoms with Gasteiger partial charge in [0, 0.05) is 36.2 Å². The van der Waals surface area contributed by atoms with Crippen molar-refractivity contribution in [3.05, 3.63) is 46.9 Å². The highest BCUT2D eigenvalue weighted by Gasteiger charge is 2.55. The quantitative estimate of drug-likeness (QED) is 0.541. The van der Waals surface area contributed by atoms with E-state index in [-0.39, 0.29) is 54.1 Å². The number of carbonyl (C=O) groups is 3. The van der Waals surface area contributed by atoms with Crippen molar-refractivity contribution < 1.29 is 23.5 Å². The molecule has 148 valence electrons. The topological polar surface area (TPSA) is 60.4 Å². The number of hydrogen-bond acceptors (Lipinski definition) is 4. The van der Waals surface area contributed by atoms with Gasteiger partial charge in [0.05, 0.1) is 0 Å². The van der Waals surface area contributed by atoms with Gasteiger partial charge in [-0.05, 0) is 43.3 Å². The molecule has 0 aromatic heterocycles. The van der Waals surface area contributed by atoms with Crippen LogP contribution in [0, 0.1) is 22.7 Å². The molecule has 0 spiro atoms. The van der Waals surface area contributed by atoms with E-state index in [1.54, 1.807) is 6.08 Å². The molecule has 4 aliphatic rings. The van der Waals surface area contributed by atoms with Crippen molar-refractivity contribution in [3.8, 4) is 0 Å². The summed E-state index contributed by atoms with van der Waals surface area (Å²) in [6.45, 7) is 5.11. The Balaban J connectivity index is 1.67. The van der Waals surface area contributed by atoms with Crippen molar-refractivity contribution in [2.75, 3.05) is 6.61 Å². The Hall–Kier alpha value is -2.30. The molecular formula is C23H25FO4. The number of ether oxygens (including phenoxy) is 1. The van der Waals surface area contributed by atoms with Crippen LogP contribution < -0.4 is 0 Å². The lowest BCUT2D eigenvalue weighted by Crippen LogP contribution is -2.44. The summed E-state index contributed by atoms with van der Waals surface area (Å²) in [6.07, 6.45) is 9.37. The summed E-state index contributed by atoms with van der Waals surface area (Å²) in [4.78, 5) is 35.6. The third kappa shape index (κ3) is 2.66. The van der Waals surface area contributed by atoms with Crippen molar-refractivity contribution >= 4 is 17.5 Å². The highest BCUT2D eigenvalue weighted by atomic mass is 19.1. The number of halogens is 1. The summed E-state index contributed by atoms with van der Waals surface area (Å²) in [5.74, 6) is -0.744. The van der Waals surface area contributed by atoms with Gasteiger partial charge in [0.25, 0.3) is 0 Å². The first-order chi connectivity index (χ1) is 13.2. The molecule has 4 rings (SSSR count). The number of hydrogen-bond donors (Lipinski definition) is 0. The first kappa shape index (κ1) is 19.0. The highest BCUT2D eigenvalue weighted by Crippen LogP contribution is 2.62. The monoisotopic (exact) mass is 384 g/mol. The van der Waals surface area contributed by atoms with E-state index in [0.717, 1.165) is 0 Å². The van der Waals surface area contributed by atoms with Crippen molar-refractivity contribution in [1.29, 1.82) is 0 Å². The maximum absolute atomic E-state index is 15.1. The Labute approximate surface area is 164 Å². The Morgan fingerprint density at radius 3 is 2.75 bits per heavy atom. The number of carbonyl (C=O) groups excluding carboxylic acids is 3. The van der Waals surface area contributed by atoms with Crippen molar-refractivity contribution in [2.24, 2.45) is 22.7 Å². The summed E-state index contributed by atoms with van der Waals surface area (Å²) in [6, 6.07) is 0. The molecule has 0 amide bonds. The van der Waals surface area contributed by atoms with Crippen LogP contribution in [0.1, 0.15) is 46.5 Å². The Morgan fingerprint density at radius 2 is 2.04 bits per heavy atom. The minimum absolute atomic E-state index is 0.000581. The van der Waals surface area contributed by atoms with Gasteiger partial charge in [0.15, 0.2) is 18.2 Å². The molecule has 0 aliphatic heterocycles. The van der Waals surface area contributed by atoms with Crippen LogP contribution in [0.25, 0.3) is 0 Å². The van der Waals surface area contributed by atoms with E-state index in [2.05, 4.69) is 13.0 Å². The van der Waals surface area contributed by atoms with Crippen LogP contribution in [0.3, 0.4) is 0 Å². The first-order valence-electron chi connectivity index (χ1n) is 9.84. The van der Waals surface area contributed by atoms with Crippen LogP contribution in [0.2, 0.25) is 0 Å². The molecule has 2 unspecified atom stereocenters. The van der Waals surface area contributed by atoms with E-state index in [4.69, 9.17) is 4.74 Å². The van der Waals surface area contributed by atoms with Gasteiger partial charge < -0.3 is 4.74 Å². The average molecular weight is 384 g/mol. The molecule has 0 fully saturated rings. The van der Waals surface area contributed by atoms with Crippen LogP contribution in [-0.4, -0.2) is 24.1 Å². The molecule has 5 heteroatoms. The summed E-state index contributed by atoms with van der Waals surface area (Å²) < 4.78 is 20.0. The second kappa shape index (κ2) is 6.36. The second-order valence-electron chi connectivity index (χ2n) is 8.82. The minimum Gasteiger partial charge on any atom is -0.457 e. The zero-order valence-corrected chi connectivity index (χ0v) is 16.5. The van der Waals surface area contributed by atoms with Gasteiger partial charge in [0.1, 0.15) is 5.83 Å². The van der Waals surface area contributed by atoms with Crippen LogP contribution >= 0.6 is 0 Å². The van der Waals surface area contributed by atoms with Gasteiger partial charge in [-0.25, -0.2) is 4.39 Å². The number of fused-ring (bicyclic) bond motifs is 5. The van der Waals surface area contributed by atoms with Gasteiger partial charge in [-0.1, -0.05) is 30.7 Å². The van der Waals surface area contributed by atoms with Gasteiger partial charge in [0.2, 0.25) is 0 Å². The number of Topliss-reactive ketones (excluding diaryl/α,β-unsaturated/α-hetero) is 1. The molecule has 0 saturated carbocycles. The first-order valence-corrected chi connectivity index (χ1v) is 9.84. The lowest BCUT2D eigenvalue weighted by atomic mass is 9.52. The smallest absolute Gasteiger partial charge is 0.303 e. The predicted octanol–water partition coefficient (Wildman–Crippen LogP) is 4.18. The number of ketones is 2. The zero-order valence-electron chi connectivity index (χ0n) is 16.5. The van der Waals surface area contributed by atoms with Crippen molar-refractivity contribution in [2.45, 2.75) is 46.5 Å². The zero-order chi connectivity index (χ0) is 20.3. The molecule has 0 aromatic rings. The Bertz CT molecular complexity index is 906. The third-order valence-electron chi connectivity index (χ3n) is 7.25. The average Bonchev–Trinajstić information content (AvgIpc) is 2.99. The van der Waals surface area contributed by atoms with Gasteiger partial charge >= 0.3 is 5.97 Å². The van der Waals surface area contributed by atoms with Crippen molar-refractivity contribution in [3.63, 3.8) is 0 Å². The second-order valence-corrected chi connectivity index (χ2v) is 8.82. The Morgan fingerprint density at radius 1 is 1.29 bits per heavy atom. The molecule has 4 aliphatic carbocycles. The van der Waals surface area contributed by atoms with Gasteiger partial charge in [-0.15, -0.1) is 0 Å². The van der Waals surface area contributed by atoms with E-state index >= 15 is 4.39 Å². The maximum atomic E-state index is 15.1. The number of esters is 1. The molecule has 0 heterocycles. The maximum Gasteiger partial charge on any atom is 0.303 e. The molecular weight excluding hydrogens is 359 g/mol. The molecule has 4 nitrogen and oxygen atoms in total. The minimum atomic E-state index is -0.549. The fraction of sp³-hybridized carbons (Fsp3) is 0.522. The lowest BCUT2D eigenvalue weighted by molar-refractivity contribution is -0.145. The van der Waals surface area contributed by atoms with Crippen LogP contribution in [0.15, 0.2) is 46.9 Å². The van der Waals surface area contributed by atoms with Crippen LogP contribution in [0.4, 0.5) is 4.39 Å². The standard InChI is InChI=1S/C23H25FO4/c1-13(25)28-12-21(27)18-5-4-16-15-11-20(24)19-10-14(26)6-8-23(19,3)17(15)7-9-22(16,18)2/h5-8,15-16H,4,9-12H2,1-3H3/t15?,16?,22-,23+/m0/s1.